The first-order valence-corrected chi connectivity index (χ1v) is 7.11. The number of amides is 1. The Morgan fingerprint density at radius 3 is 2.62 bits per heavy atom. The van der Waals surface area contributed by atoms with Gasteiger partial charge in [0.05, 0.1) is 6.54 Å². The zero-order valence-electron chi connectivity index (χ0n) is 12.1. The highest BCUT2D eigenvalue weighted by Crippen LogP contribution is 2.23. The molecule has 1 aromatic carbocycles. The van der Waals surface area contributed by atoms with Crippen LogP contribution in [-0.4, -0.2) is 39.0 Å². The van der Waals surface area contributed by atoms with E-state index < -0.39 is 6.29 Å². The number of carbonyl (C=O) groups is 1. The molecule has 1 aliphatic rings. The Balaban J connectivity index is 1.84. The predicted molar refractivity (Wildman–Crippen MR) is 79.7 cm³/mol. The van der Waals surface area contributed by atoms with Crippen LogP contribution in [0.15, 0.2) is 24.3 Å². The lowest BCUT2D eigenvalue weighted by atomic mass is 10.0. The minimum atomic E-state index is -0.435. The average Bonchev–Trinajstić information content (AvgIpc) is 2.99. The molecule has 3 N–H and O–H groups in total. The maximum absolute atomic E-state index is 12.1. The van der Waals surface area contributed by atoms with Crippen LogP contribution in [0.25, 0.3) is 0 Å². The molecule has 1 saturated heterocycles. The summed E-state index contributed by atoms with van der Waals surface area (Å²) in [7, 11) is 3.07. The second-order valence-electron chi connectivity index (χ2n) is 4.83. The summed E-state index contributed by atoms with van der Waals surface area (Å²) in [5, 5.41) is 3.49. The van der Waals surface area contributed by atoms with Gasteiger partial charge in [-0.15, -0.1) is 0 Å². The first kappa shape index (κ1) is 16.2. The number of nitrogens with one attached hydrogen (secondary N) is 3. The van der Waals surface area contributed by atoms with E-state index in [0.29, 0.717) is 18.0 Å². The zero-order chi connectivity index (χ0) is 15.2. The number of rotatable bonds is 6. The maximum Gasteiger partial charge on any atom is 0.238 e. The number of benzene rings is 1. The van der Waals surface area contributed by atoms with Gasteiger partial charge in [-0.2, -0.15) is 0 Å². The van der Waals surface area contributed by atoms with E-state index in [0.717, 1.165) is 5.56 Å². The van der Waals surface area contributed by atoms with E-state index in [2.05, 4.69) is 16.2 Å². The summed E-state index contributed by atoms with van der Waals surface area (Å²) >= 11 is 5.87. The van der Waals surface area contributed by atoms with Crippen LogP contribution in [0.1, 0.15) is 18.0 Å². The van der Waals surface area contributed by atoms with Crippen molar-refractivity contribution in [2.75, 3.05) is 20.8 Å². The smallest absolute Gasteiger partial charge is 0.238 e. The van der Waals surface area contributed by atoms with Gasteiger partial charge in [0.15, 0.2) is 6.29 Å². The first-order valence-electron chi connectivity index (χ1n) is 6.74. The molecular weight excluding hydrogens is 294 g/mol. The summed E-state index contributed by atoms with van der Waals surface area (Å²) in [6.45, 7) is 0.315. The van der Waals surface area contributed by atoms with Crippen molar-refractivity contribution >= 4 is 17.5 Å². The van der Waals surface area contributed by atoms with E-state index in [1.807, 2.05) is 24.3 Å². The molecule has 0 bridgehead atoms. The monoisotopic (exact) mass is 313 g/mol. The molecule has 2 rings (SSSR count). The van der Waals surface area contributed by atoms with Gasteiger partial charge in [-0.25, -0.2) is 10.9 Å². The second-order valence-corrected chi connectivity index (χ2v) is 5.26. The predicted octanol–water partition coefficient (Wildman–Crippen LogP) is 0.983. The fourth-order valence-corrected chi connectivity index (χ4v) is 2.34. The molecule has 0 saturated carbocycles. The molecule has 116 valence electrons. The van der Waals surface area contributed by atoms with Crippen molar-refractivity contribution in [2.24, 2.45) is 0 Å². The third-order valence-electron chi connectivity index (χ3n) is 3.46. The summed E-state index contributed by atoms with van der Waals surface area (Å²) in [6, 6.07) is 7.38. The number of hydrogen-bond donors (Lipinski definition) is 3. The van der Waals surface area contributed by atoms with Crippen LogP contribution in [0.5, 0.6) is 0 Å². The Labute approximate surface area is 129 Å². The molecule has 1 aliphatic heterocycles. The van der Waals surface area contributed by atoms with Gasteiger partial charge < -0.3 is 14.8 Å². The molecule has 21 heavy (non-hydrogen) atoms. The van der Waals surface area contributed by atoms with Crippen molar-refractivity contribution in [1.82, 2.24) is 16.2 Å². The number of carbonyl (C=O) groups excluding carboxylic acids is 1. The maximum atomic E-state index is 12.1. The Bertz CT molecular complexity index is 465. The molecule has 1 heterocycles. The molecule has 1 aromatic rings. The summed E-state index contributed by atoms with van der Waals surface area (Å²) in [5.74, 6) is -0.0851. The number of hydrazine groups is 1. The largest absolute Gasteiger partial charge is 0.354 e. The molecular formula is C14H20ClN3O3. The molecule has 1 amide bonds. The molecule has 0 spiro atoms. The van der Waals surface area contributed by atoms with Crippen molar-refractivity contribution < 1.29 is 14.3 Å². The van der Waals surface area contributed by atoms with E-state index in [4.69, 9.17) is 21.1 Å². The Kier molecular flexibility index (Phi) is 5.96. The molecule has 6 nitrogen and oxygen atoms in total. The molecule has 0 aromatic heterocycles. The fraction of sp³-hybridized carbons (Fsp3) is 0.500. The minimum Gasteiger partial charge on any atom is -0.354 e. The number of methoxy groups -OCH3 is 2. The Morgan fingerprint density at radius 1 is 1.33 bits per heavy atom. The standard InChI is InChI=1S/C14H20ClN3O3/c1-20-13(21-2)8-16-14(19)12-7-11(17-18-12)9-3-5-10(15)6-4-9/h3-6,11-13,17-18H,7-8H2,1-2H3,(H,16,19). The first-order chi connectivity index (χ1) is 10.1. The third-order valence-corrected chi connectivity index (χ3v) is 3.71. The normalized spacial score (nSPS) is 21.7. The zero-order valence-corrected chi connectivity index (χ0v) is 12.8. The van der Waals surface area contributed by atoms with Gasteiger partial charge in [0.1, 0.15) is 6.04 Å². The van der Waals surface area contributed by atoms with Crippen LogP contribution in [0.3, 0.4) is 0 Å². The van der Waals surface area contributed by atoms with Crippen molar-refractivity contribution in [3.63, 3.8) is 0 Å². The van der Waals surface area contributed by atoms with Crippen LogP contribution in [0.4, 0.5) is 0 Å². The van der Waals surface area contributed by atoms with Crippen molar-refractivity contribution in [3.8, 4) is 0 Å². The Morgan fingerprint density at radius 2 is 2.00 bits per heavy atom. The minimum absolute atomic E-state index is 0.0821. The number of hydrogen-bond acceptors (Lipinski definition) is 5. The topological polar surface area (TPSA) is 71.6 Å². The van der Waals surface area contributed by atoms with Gasteiger partial charge in [-0.05, 0) is 24.1 Å². The van der Waals surface area contributed by atoms with E-state index in [1.54, 1.807) is 0 Å². The van der Waals surface area contributed by atoms with Crippen LogP contribution >= 0.6 is 11.6 Å². The SMILES string of the molecule is COC(CNC(=O)C1CC(c2ccc(Cl)cc2)NN1)OC. The van der Waals surface area contributed by atoms with Crippen LogP contribution in [0, 0.1) is 0 Å². The van der Waals surface area contributed by atoms with E-state index in [9.17, 15) is 4.79 Å². The van der Waals surface area contributed by atoms with E-state index >= 15 is 0 Å². The lowest BCUT2D eigenvalue weighted by molar-refractivity contribution is -0.129. The van der Waals surface area contributed by atoms with Crippen molar-refractivity contribution in [2.45, 2.75) is 24.8 Å². The molecule has 2 atom stereocenters. The van der Waals surface area contributed by atoms with E-state index in [1.165, 1.54) is 14.2 Å². The fourth-order valence-electron chi connectivity index (χ4n) is 2.21. The average molecular weight is 314 g/mol. The highest BCUT2D eigenvalue weighted by molar-refractivity contribution is 6.30. The van der Waals surface area contributed by atoms with Gasteiger partial charge in [0.2, 0.25) is 5.91 Å². The van der Waals surface area contributed by atoms with Crippen molar-refractivity contribution in [3.05, 3.63) is 34.9 Å². The lowest BCUT2D eigenvalue weighted by Crippen LogP contribution is -2.45. The molecule has 1 fully saturated rings. The highest BCUT2D eigenvalue weighted by Gasteiger charge is 2.30. The van der Waals surface area contributed by atoms with Gasteiger partial charge in [-0.1, -0.05) is 23.7 Å². The summed E-state index contributed by atoms with van der Waals surface area (Å²) in [4.78, 5) is 12.1. The van der Waals surface area contributed by atoms with Crippen LogP contribution in [-0.2, 0) is 14.3 Å². The van der Waals surface area contributed by atoms with Gasteiger partial charge in [0.25, 0.3) is 0 Å². The van der Waals surface area contributed by atoms with Gasteiger partial charge in [0, 0.05) is 25.3 Å². The molecule has 2 unspecified atom stereocenters. The number of ether oxygens (including phenoxy) is 2. The summed E-state index contributed by atoms with van der Waals surface area (Å²) in [6.07, 6.45) is 0.230. The quantitative estimate of drug-likeness (QED) is 0.683. The third kappa shape index (κ3) is 4.39. The summed E-state index contributed by atoms with van der Waals surface area (Å²) < 4.78 is 10.1. The van der Waals surface area contributed by atoms with Gasteiger partial charge >= 0.3 is 0 Å². The van der Waals surface area contributed by atoms with E-state index in [-0.39, 0.29) is 18.0 Å². The van der Waals surface area contributed by atoms with Crippen LogP contribution in [0.2, 0.25) is 5.02 Å². The summed E-state index contributed by atoms with van der Waals surface area (Å²) in [5.41, 5.74) is 7.22. The number of halogens is 1. The van der Waals surface area contributed by atoms with Gasteiger partial charge in [-0.3, -0.25) is 4.79 Å². The molecule has 7 heteroatoms. The highest BCUT2D eigenvalue weighted by atomic mass is 35.5. The van der Waals surface area contributed by atoms with Crippen molar-refractivity contribution in [1.29, 1.82) is 0 Å². The lowest BCUT2D eigenvalue weighted by Gasteiger charge is -2.16. The molecule has 0 radical (unpaired) electrons. The Hall–Kier alpha value is -1.18. The molecule has 0 aliphatic carbocycles. The second kappa shape index (κ2) is 7.72. The van der Waals surface area contributed by atoms with Crippen LogP contribution < -0.4 is 16.2 Å².